The van der Waals surface area contributed by atoms with Crippen LogP contribution in [0.3, 0.4) is 0 Å². The van der Waals surface area contributed by atoms with Gasteiger partial charge in [0.25, 0.3) is 0 Å². The molecule has 0 aliphatic rings. The number of benzene rings is 1. The average Bonchev–Trinajstić information content (AvgIpc) is 2.35. The Labute approximate surface area is 109 Å². The van der Waals surface area contributed by atoms with Crippen molar-refractivity contribution in [3.05, 3.63) is 47.5 Å². The Hall–Kier alpha value is -1.61. The van der Waals surface area contributed by atoms with Gasteiger partial charge in [-0.2, -0.15) is 0 Å². The molecule has 1 aromatic rings. The van der Waals surface area contributed by atoms with Crippen molar-refractivity contribution in [2.45, 2.75) is 32.8 Å². The molecule has 0 fully saturated rings. The van der Waals surface area contributed by atoms with Crippen molar-refractivity contribution in [1.82, 2.24) is 5.32 Å². The number of carbonyl (C=O) groups is 1. The number of nitrogens with one attached hydrogen (secondary N) is 1. The highest BCUT2D eigenvalue weighted by molar-refractivity contribution is 5.88. The van der Waals surface area contributed by atoms with Gasteiger partial charge in [-0.15, -0.1) is 0 Å². The molecule has 0 saturated carbocycles. The fourth-order valence-corrected chi connectivity index (χ4v) is 1.58. The summed E-state index contributed by atoms with van der Waals surface area (Å²) in [6.45, 7) is 3.89. The van der Waals surface area contributed by atoms with Crippen LogP contribution in [0.5, 0.6) is 0 Å². The van der Waals surface area contributed by atoms with Gasteiger partial charge in [-0.1, -0.05) is 35.9 Å². The van der Waals surface area contributed by atoms with E-state index in [0.29, 0.717) is 6.54 Å². The molecular formula is C15H21NO2. The molecule has 98 valence electrons. The fourth-order valence-electron chi connectivity index (χ4n) is 1.58. The van der Waals surface area contributed by atoms with Crippen molar-refractivity contribution in [3.8, 4) is 0 Å². The normalized spacial score (nSPS) is 13.2. The summed E-state index contributed by atoms with van der Waals surface area (Å²) in [6.07, 6.45) is 2.90. The monoisotopic (exact) mass is 247 g/mol. The lowest BCUT2D eigenvalue weighted by Crippen LogP contribution is -2.29. The highest BCUT2D eigenvalue weighted by Crippen LogP contribution is 2.08. The molecule has 0 aliphatic heterocycles. The number of carbonyl (C=O) groups excluding carboxylic acids is 1. The van der Waals surface area contributed by atoms with Gasteiger partial charge in [-0.3, -0.25) is 4.79 Å². The zero-order chi connectivity index (χ0) is 13.4. The Balaban J connectivity index is 2.35. The minimum Gasteiger partial charge on any atom is -0.392 e. The van der Waals surface area contributed by atoms with E-state index in [-0.39, 0.29) is 5.91 Å². The molecule has 1 aromatic carbocycles. The van der Waals surface area contributed by atoms with Gasteiger partial charge in [0.1, 0.15) is 0 Å². The quantitative estimate of drug-likeness (QED) is 0.756. The molecule has 1 amide bonds. The van der Waals surface area contributed by atoms with Gasteiger partial charge in [-0.05, 0) is 32.3 Å². The number of aliphatic hydroxyl groups is 1. The van der Waals surface area contributed by atoms with E-state index >= 15 is 0 Å². The second-order valence-electron chi connectivity index (χ2n) is 4.57. The number of hydrogen-bond donors (Lipinski definition) is 2. The molecule has 1 rings (SSSR count). The van der Waals surface area contributed by atoms with Gasteiger partial charge in [0.15, 0.2) is 0 Å². The lowest BCUT2D eigenvalue weighted by Gasteiger charge is -2.05. The van der Waals surface area contributed by atoms with E-state index in [0.717, 1.165) is 18.4 Å². The summed E-state index contributed by atoms with van der Waals surface area (Å²) in [5, 5.41) is 11.7. The first-order chi connectivity index (χ1) is 8.58. The summed E-state index contributed by atoms with van der Waals surface area (Å²) in [6, 6.07) is 10.2. The third-order valence-corrected chi connectivity index (χ3v) is 2.60. The molecule has 18 heavy (non-hydrogen) atoms. The first-order valence-electron chi connectivity index (χ1n) is 6.25. The molecule has 3 nitrogen and oxygen atoms in total. The van der Waals surface area contributed by atoms with Crippen LogP contribution < -0.4 is 5.32 Å². The molecule has 2 N–H and O–H groups in total. The van der Waals surface area contributed by atoms with E-state index in [2.05, 4.69) is 17.4 Å². The van der Waals surface area contributed by atoms with E-state index in [1.807, 2.05) is 25.1 Å². The van der Waals surface area contributed by atoms with Crippen LogP contribution in [0.4, 0.5) is 0 Å². The lowest BCUT2D eigenvalue weighted by atomic mass is 10.1. The van der Waals surface area contributed by atoms with E-state index in [4.69, 9.17) is 5.11 Å². The maximum absolute atomic E-state index is 11.5. The van der Waals surface area contributed by atoms with Crippen LogP contribution >= 0.6 is 0 Å². The second-order valence-corrected chi connectivity index (χ2v) is 4.57. The third kappa shape index (κ3) is 6.21. The van der Waals surface area contributed by atoms with Crippen molar-refractivity contribution in [3.63, 3.8) is 0 Å². The predicted octanol–water partition coefficient (Wildman–Crippen LogP) is 2.06. The van der Waals surface area contributed by atoms with Crippen molar-refractivity contribution >= 4 is 5.91 Å². The van der Waals surface area contributed by atoms with Crippen molar-refractivity contribution < 1.29 is 9.90 Å². The first kappa shape index (κ1) is 14.5. The van der Waals surface area contributed by atoms with E-state index in [9.17, 15) is 4.79 Å². The van der Waals surface area contributed by atoms with Crippen LogP contribution in [0.25, 0.3) is 0 Å². The Morgan fingerprint density at radius 2 is 2.06 bits per heavy atom. The molecule has 0 spiro atoms. The van der Waals surface area contributed by atoms with Crippen molar-refractivity contribution in [1.29, 1.82) is 0 Å². The maximum Gasteiger partial charge on any atom is 0.244 e. The number of aryl methyl sites for hydroxylation is 1. The summed E-state index contributed by atoms with van der Waals surface area (Å²) in [7, 11) is 0. The van der Waals surface area contributed by atoms with E-state index < -0.39 is 6.10 Å². The summed E-state index contributed by atoms with van der Waals surface area (Å²) in [5.74, 6) is -0.138. The van der Waals surface area contributed by atoms with Gasteiger partial charge < -0.3 is 10.4 Å². The standard InChI is InChI=1S/C15H21NO2/c1-12(10-15(18)16-11-13(2)17)8-9-14-6-4-3-5-7-14/h3-7,10,13,17H,8-9,11H2,1-2H3,(H,16,18)/b12-10-. The van der Waals surface area contributed by atoms with Crippen LogP contribution in [-0.2, 0) is 11.2 Å². The molecule has 3 heteroatoms. The molecule has 0 radical (unpaired) electrons. The first-order valence-corrected chi connectivity index (χ1v) is 6.25. The average molecular weight is 247 g/mol. The molecule has 1 atom stereocenters. The lowest BCUT2D eigenvalue weighted by molar-refractivity contribution is -0.116. The number of rotatable bonds is 6. The van der Waals surface area contributed by atoms with Crippen LogP contribution in [0, 0.1) is 0 Å². The Kier molecular flexibility index (Phi) is 6.15. The van der Waals surface area contributed by atoms with Gasteiger partial charge in [0, 0.05) is 12.6 Å². The van der Waals surface area contributed by atoms with Crippen LogP contribution in [0.15, 0.2) is 42.0 Å². The van der Waals surface area contributed by atoms with Crippen molar-refractivity contribution in [2.24, 2.45) is 0 Å². The summed E-state index contributed by atoms with van der Waals surface area (Å²) in [4.78, 5) is 11.5. The summed E-state index contributed by atoms with van der Waals surface area (Å²) < 4.78 is 0. The molecule has 0 aliphatic carbocycles. The van der Waals surface area contributed by atoms with Gasteiger partial charge in [0.2, 0.25) is 5.91 Å². The van der Waals surface area contributed by atoms with Gasteiger partial charge >= 0.3 is 0 Å². The zero-order valence-corrected chi connectivity index (χ0v) is 11.0. The summed E-state index contributed by atoms with van der Waals surface area (Å²) >= 11 is 0. The Morgan fingerprint density at radius 1 is 1.39 bits per heavy atom. The second kappa shape index (κ2) is 7.67. The molecule has 0 bridgehead atoms. The molecule has 0 heterocycles. The summed E-state index contributed by atoms with van der Waals surface area (Å²) in [5.41, 5.74) is 2.32. The largest absolute Gasteiger partial charge is 0.392 e. The minimum atomic E-state index is -0.507. The fraction of sp³-hybridized carbons (Fsp3) is 0.400. The maximum atomic E-state index is 11.5. The predicted molar refractivity (Wildman–Crippen MR) is 73.2 cm³/mol. The van der Waals surface area contributed by atoms with Crippen LogP contribution in [0.2, 0.25) is 0 Å². The number of hydrogen-bond acceptors (Lipinski definition) is 2. The SMILES string of the molecule is C/C(=C/C(=O)NCC(C)O)CCc1ccccc1. The number of allylic oxidation sites excluding steroid dienone is 1. The molecule has 0 aromatic heterocycles. The molecule has 1 unspecified atom stereocenters. The minimum absolute atomic E-state index is 0.138. The highest BCUT2D eigenvalue weighted by atomic mass is 16.3. The Bertz CT molecular complexity index is 396. The topological polar surface area (TPSA) is 49.3 Å². The number of amides is 1. The zero-order valence-electron chi connectivity index (χ0n) is 11.0. The van der Waals surface area contributed by atoms with Crippen LogP contribution in [-0.4, -0.2) is 23.7 Å². The number of aliphatic hydroxyl groups excluding tert-OH is 1. The van der Waals surface area contributed by atoms with Gasteiger partial charge in [-0.25, -0.2) is 0 Å². The van der Waals surface area contributed by atoms with Gasteiger partial charge in [0.05, 0.1) is 6.10 Å². The Morgan fingerprint density at radius 3 is 2.67 bits per heavy atom. The van der Waals surface area contributed by atoms with Crippen molar-refractivity contribution in [2.75, 3.05) is 6.54 Å². The molecular weight excluding hydrogens is 226 g/mol. The van der Waals surface area contributed by atoms with E-state index in [1.54, 1.807) is 13.0 Å². The van der Waals surface area contributed by atoms with E-state index in [1.165, 1.54) is 5.56 Å². The highest BCUT2D eigenvalue weighted by Gasteiger charge is 2.01. The smallest absolute Gasteiger partial charge is 0.244 e. The molecule has 0 saturated heterocycles. The van der Waals surface area contributed by atoms with Crippen LogP contribution in [0.1, 0.15) is 25.8 Å². The third-order valence-electron chi connectivity index (χ3n) is 2.60.